The van der Waals surface area contributed by atoms with E-state index in [-0.39, 0.29) is 17.5 Å². The summed E-state index contributed by atoms with van der Waals surface area (Å²) < 4.78 is 19.0. The minimum Gasteiger partial charge on any atom is -0.383 e. The number of carbonyl (C=O) groups is 1. The molecule has 0 N–H and O–H groups in total. The van der Waals surface area contributed by atoms with Gasteiger partial charge in [0.15, 0.2) is 0 Å². The number of hydrogen-bond donors (Lipinski definition) is 0. The van der Waals surface area contributed by atoms with E-state index in [1.807, 2.05) is 18.7 Å². The lowest BCUT2D eigenvalue weighted by Gasteiger charge is -2.28. The maximum atomic E-state index is 13.9. The zero-order chi connectivity index (χ0) is 14.5. The molecule has 1 aliphatic heterocycles. The Labute approximate surface area is 123 Å². The van der Waals surface area contributed by atoms with Crippen molar-refractivity contribution in [1.29, 1.82) is 0 Å². The molecule has 0 bridgehead atoms. The molecule has 1 fully saturated rings. The molecule has 1 aromatic rings. The number of benzene rings is 1. The molecule has 1 heterocycles. The third-order valence-electron chi connectivity index (χ3n) is 3.50. The monoisotopic (exact) mass is 297 g/mol. The van der Waals surface area contributed by atoms with E-state index in [2.05, 4.69) is 0 Å². The lowest BCUT2D eigenvalue weighted by atomic mass is 10.1. The van der Waals surface area contributed by atoms with Crippen molar-refractivity contribution in [3.63, 3.8) is 0 Å². The van der Waals surface area contributed by atoms with Crippen molar-refractivity contribution < 1.29 is 13.9 Å². The minimum atomic E-state index is -0.450. The standard InChI is InChI=1S/C15H20FNO2S/c1-11-3-4-14(16)13(9-11)15(18)17(6-7-19-2)12-5-8-20-10-12/h3-4,9,12H,5-8,10H2,1-2H3. The number of methoxy groups -OCH3 is 1. The minimum absolute atomic E-state index is 0.165. The predicted octanol–water partition coefficient (Wildman–Crippen LogP) is 2.73. The molecular formula is C15H20FNO2S. The average molecular weight is 297 g/mol. The van der Waals surface area contributed by atoms with Gasteiger partial charge in [0.25, 0.3) is 5.91 Å². The Morgan fingerprint density at radius 2 is 2.35 bits per heavy atom. The van der Waals surface area contributed by atoms with Crippen LogP contribution in [0.25, 0.3) is 0 Å². The van der Waals surface area contributed by atoms with Crippen molar-refractivity contribution in [2.45, 2.75) is 19.4 Å². The molecule has 0 aromatic heterocycles. The second kappa shape index (κ2) is 7.09. The Morgan fingerprint density at radius 3 is 3.00 bits per heavy atom. The van der Waals surface area contributed by atoms with E-state index in [9.17, 15) is 9.18 Å². The van der Waals surface area contributed by atoms with Gasteiger partial charge in [-0.15, -0.1) is 0 Å². The fourth-order valence-electron chi connectivity index (χ4n) is 2.37. The van der Waals surface area contributed by atoms with Gasteiger partial charge in [-0.25, -0.2) is 4.39 Å². The molecule has 1 aromatic carbocycles. The third-order valence-corrected chi connectivity index (χ3v) is 4.64. The van der Waals surface area contributed by atoms with Crippen LogP contribution in [0.4, 0.5) is 4.39 Å². The lowest BCUT2D eigenvalue weighted by Crippen LogP contribution is -2.42. The molecule has 0 radical (unpaired) electrons. The van der Waals surface area contributed by atoms with Gasteiger partial charge in [-0.05, 0) is 31.2 Å². The van der Waals surface area contributed by atoms with Gasteiger partial charge in [0, 0.05) is 25.4 Å². The quantitative estimate of drug-likeness (QED) is 0.837. The summed E-state index contributed by atoms with van der Waals surface area (Å²) in [5.41, 5.74) is 1.06. The highest BCUT2D eigenvalue weighted by Gasteiger charge is 2.28. The summed E-state index contributed by atoms with van der Waals surface area (Å²) in [7, 11) is 1.61. The van der Waals surface area contributed by atoms with Crippen molar-refractivity contribution in [2.24, 2.45) is 0 Å². The van der Waals surface area contributed by atoms with Crippen molar-refractivity contribution in [3.8, 4) is 0 Å². The SMILES string of the molecule is COCCN(C(=O)c1cc(C)ccc1F)C1CCSC1. The van der Waals surface area contributed by atoms with E-state index < -0.39 is 5.82 Å². The number of halogens is 1. The Balaban J connectivity index is 2.22. The maximum Gasteiger partial charge on any atom is 0.257 e. The first-order valence-electron chi connectivity index (χ1n) is 6.77. The molecule has 1 atom stereocenters. The molecule has 2 rings (SSSR count). The number of thioether (sulfide) groups is 1. The van der Waals surface area contributed by atoms with Crippen LogP contribution in [0.5, 0.6) is 0 Å². The number of rotatable bonds is 5. The van der Waals surface area contributed by atoms with E-state index in [0.717, 1.165) is 23.5 Å². The van der Waals surface area contributed by atoms with Crippen LogP contribution in [-0.2, 0) is 4.74 Å². The topological polar surface area (TPSA) is 29.5 Å². The summed E-state index contributed by atoms with van der Waals surface area (Å²) in [6.07, 6.45) is 0.966. The number of carbonyl (C=O) groups excluding carboxylic acids is 1. The van der Waals surface area contributed by atoms with Gasteiger partial charge in [0.1, 0.15) is 5.82 Å². The highest BCUT2D eigenvalue weighted by Crippen LogP contribution is 2.24. The molecule has 20 heavy (non-hydrogen) atoms. The molecule has 3 nitrogen and oxygen atoms in total. The van der Waals surface area contributed by atoms with Crippen LogP contribution in [0.1, 0.15) is 22.3 Å². The Bertz CT molecular complexity index is 475. The molecule has 1 aliphatic rings. The average Bonchev–Trinajstić information content (AvgIpc) is 2.95. The van der Waals surface area contributed by atoms with E-state index in [1.54, 1.807) is 24.1 Å². The highest BCUT2D eigenvalue weighted by atomic mass is 32.2. The second-order valence-corrected chi connectivity index (χ2v) is 6.14. The molecule has 5 heteroatoms. The van der Waals surface area contributed by atoms with Crippen molar-refractivity contribution in [3.05, 3.63) is 35.1 Å². The van der Waals surface area contributed by atoms with Gasteiger partial charge in [-0.3, -0.25) is 4.79 Å². The summed E-state index contributed by atoms with van der Waals surface area (Å²) in [6.45, 7) is 2.84. The summed E-state index contributed by atoms with van der Waals surface area (Å²) in [5, 5.41) is 0. The van der Waals surface area contributed by atoms with Gasteiger partial charge in [0.2, 0.25) is 0 Å². The predicted molar refractivity (Wildman–Crippen MR) is 79.8 cm³/mol. The van der Waals surface area contributed by atoms with Crippen LogP contribution < -0.4 is 0 Å². The maximum absolute atomic E-state index is 13.9. The zero-order valence-electron chi connectivity index (χ0n) is 11.9. The first-order chi connectivity index (χ1) is 9.63. The normalized spacial score (nSPS) is 18.2. The molecule has 0 saturated carbocycles. The van der Waals surface area contributed by atoms with Crippen LogP contribution in [0, 0.1) is 12.7 Å². The van der Waals surface area contributed by atoms with Crippen LogP contribution in [0.2, 0.25) is 0 Å². The molecule has 1 amide bonds. The van der Waals surface area contributed by atoms with E-state index in [4.69, 9.17) is 4.74 Å². The fraction of sp³-hybridized carbons (Fsp3) is 0.533. The number of nitrogens with zero attached hydrogens (tertiary/aromatic N) is 1. The highest BCUT2D eigenvalue weighted by molar-refractivity contribution is 7.99. The Morgan fingerprint density at radius 1 is 1.55 bits per heavy atom. The van der Waals surface area contributed by atoms with Gasteiger partial charge >= 0.3 is 0 Å². The number of ether oxygens (including phenoxy) is 1. The van der Waals surface area contributed by atoms with Crippen LogP contribution >= 0.6 is 11.8 Å². The summed E-state index contributed by atoms with van der Waals surface area (Å²) in [4.78, 5) is 14.4. The third kappa shape index (κ3) is 3.52. The fourth-order valence-corrected chi connectivity index (χ4v) is 3.59. The van der Waals surface area contributed by atoms with E-state index >= 15 is 0 Å². The first kappa shape index (κ1) is 15.3. The van der Waals surface area contributed by atoms with Crippen LogP contribution in [0.3, 0.4) is 0 Å². The summed E-state index contributed by atoms with van der Waals surface area (Å²) >= 11 is 1.84. The van der Waals surface area contributed by atoms with Gasteiger partial charge in [-0.1, -0.05) is 11.6 Å². The molecule has 1 unspecified atom stereocenters. The summed E-state index contributed by atoms with van der Waals surface area (Å²) in [6, 6.07) is 4.85. The second-order valence-electron chi connectivity index (χ2n) is 4.99. The molecule has 110 valence electrons. The van der Waals surface area contributed by atoms with Gasteiger partial charge < -0.3 is 9.64 Å². The number of amides is 1. The lowest BCUT2D eigenvalue weighted by molar-refractivity contribution is 0.0620. The van der Waals surface area contributed by atoms with Crippen LogP contribution in [-0.4, -0.2) is 48.6 Å². The Hall–Kier alpha value is -1.07. The van der Waals surface area contributed by atoms with Crippen molar-refractivity contribution >= 4 is 17.7 Å². The van der Waals surface area contributed by atoms with Crippen molar-refractivity contribution in [1.82, 2.24) is 4.90 Å². The van der Waals surface area contributed by atoms with Crippen LogP contribution in [0.15, 0.2) is 18.2 Å². The van der Waals surface area contributed by atoms with Gasteiger partial charge in [0.05, 0.1) is 12.2 Å². The Kier molecular flexibility index (Phi) is 5.43. The largest absolute Gasteiger partial charge is 0.383 e. The van der Waals surface area contributed by atoms with Crippen molar-refractivity contribution in [2.75, 3.05) is 31.8 Å². The molecular weight excluding hydrogens is 277 g/mol. The zero-order valence-corrected chi connectivity index (χ0v) is 12.7. The van der Waals surface area contributed by atoms with E-state index in [0.29, 0.717) is 13.2 Å². The summed E-state index contributed by atoms with van der Waals surface area (Å²) in [5.74, 6) is 1.30. The molecule has 0 aliphatic carbocycles. The number of aryl methyl sites for hydroxylation is 1. The first-order valence-corrected chi connectivity index (χ1v) is 7.92. The smallest absolute Gasteiger partial charge is 0.257 e. The molecule has 1 saturated heterocycles. The van der Waals surface area contributed by atoms with Gasteiger partial charge in [-0.2, -0.15) is 11.8 Å². The van der Waals surface area contributed by atoms with E-state index in [1.165, 1.54) is 6.07 Å². The molecule has 0 spiro atoms. The number of hydrogen-bond acceptors (Lipinski definition) is 3.